The monoisotopic (exact) mass is 277 g/mol. The molecule has 2 aromatic carbocycles. The van der Waals surface area contributed by atoms with E-state index in [1.165, 1.54) is 50.5 Å². The molecule has 98 valence electrons. The van der Waals surface area contributed by atoms with Gasteiger partial charge in [-0.3, -0.25) is 0 Å². The highest BCUT2D eigenvalue weighted by Gasteiger charge is 2.31. The summed E-state index contributed by atoms with van der Waals surface area (Å²) in [7, 11) is 0. The standard InChI is InChI=1S/C18H15NS/c1-11-8-13-10-15(12-6-7-12)19-14-4-2-3-5-16(14)20-17(9-11)18(13)19/h2-5,8-10,12H,6-7H2,1H3. The molecule has 1 fully saturated rings. The molecule has 0 atom stereocenters. The summed E-state index contributed by atoms with van der Waals surface area (Å²) in [4.78, 5) is 2.79. The van der Waals surface area contributed by atoms with E-state index in [-0.39, 0.29) is 0 Å². The molecule has 0 spiro atoms. The van der Waals surface area contributed by atoms with E-state index in [1.54, 1.807) is 0 Å². The van der Waals surface area contributed by atoms with Crippen molar-refractivity contribution in [2.24, 2.45) is 0 Å². The molecule has 20 heavy (non-hydrogen) atoms. The van der Waals surface area contributed by atoms with E-state index < -0.39 is 0 Å². The Labute approximate surface area is 122 Å². The van der Waals surface area contributed by atoms with Crippen LogP contribution in [0.4, 0.5) is 0 Å². The molecule has 0 N–H and O–H groups in total. The Morgan fingerprint density at radius 1 is 1.05 bits per heavy atom. The minimum Gasteiger partial charge on any atom is -0.311 e. The summed E-state index contributed by atoms with van der Waals surface area (Å²) in [6.45, 7) is 2.20. The predicted molar refractivity (Wildman–Crippen MR) is 84.1 cm³/mol. The summed E-state index contributed by atoms with van der Waals surface area (Å²) in [5.41, 5.74) is 5.66. The van der Waals surface area contributed by atoms with Crippen molar-refractivity contribution < 1.29 is 0 Å². The Hall–Kier alpha value is -1.67. The van der Waals surface area contributed by atoms with Crippen LogP contribution in [0.2, 0.25) is 0 Å². The number of rotatable bonds is 1. The Kier molecular flexibility index (Phi) is 2.04. The molecular formula is C18H15NS. The van der Waals surface area contributed by atoms with Crippen molar-refractivity contribution in [2.75, 3.05) is 0 Å². The van der Waals surface area contributed by atoms with Gasteiger partial charge in [-0.2, -0.15) is 0 Å². The number of hydrogen-bond acceptors (Lipinski definition) is 1. The number of aryl methyl sites for hydroxylation is 1. The number of nitrogens with zero attached hydrogens (tertiary/aromatic N) is 1. The highest BCUT2D eigenvalue weighted by Crippen LogP contribution is 2.49. The van der Waals surface area contributed by atoms with Gasteiger partial charge >= 0.3 is 0 Å². The zero-order chi connectivity index (χ0) is 13.3. The fourth-order valence-electron chi connectivity index (χ4n) is 3.34. The molecule has 0 bridgehead atoms. The molecule has 2 heterocycles. The zero-order valence-corrected chi connectivity index (χ0v) is 12.2. The van der Waals surface area contributed by atoms with E-state index in [2.05, 4.69) is 54.0 Å². The first-order chi connectivity index (χ1) is 9.81. The maximum Gasteiger partial charge on any atom is 0.0671 e. The number of fused-ring (bicyclic) bond motifs is 2. The van der Waals surface area contributed by atoms with Crippen molar-refractivity contribution in [3.63, 3.8) is 0 Å². The smallest absolute Gasteiger partial charge is 0.0671 e. The molecule has 1 saturated carbocycles. The molecule has 0 amide bonds. The Bertz CT molecular complexity index is 855. The van der Waals surface area contributed by atoms with Gasteiger partial charge in [0.1, 0.15) is 0 Å². The Balaban J connectivity index is 1.96. The third-order valence-electron chi connectivity index (χ3n) is 4.36. The van der Waals surface area contributed by atoms with E-state index >= 15 is 0 Å². The van der Waals surface area contributed by atoms with Crippen LogP contribution in [0.3, 0.4) is 0 Å². The quantitative estimate of drug-likeness (QED) is 0.458. The molecule has 3 aromatic rings. The van der Waals surface area contributed by atoms with Crippen LogP contribution in [-0.4, -0.2) is 4.57 Å². The van der Waals surface area contributed by atoms with Crippen LogP contribution >= 0.6 is 11.8 Å². The van der Waals surface area contributed by atoms with Crippen LogP contribution in [0.25, 0.3) is 16.6 Å². The van der Waals surface area contributed by atoms with Crippen molar-refractivity contribution >= 4 is 22.7 Å². The second-order valence-electron chi connectivity index (χ2n) is 5.95. The molecule has 0 radical (unpaired) electrons. The first kappa shape index (κ1) is 11.0. The zero-order valence-electron chi connectivity index (χ0n) is 11.4. The van der Waals surface area contributed by atoms with E-state index in [0.29, 0.717) is 0 Å². The average Bonchev–Trinajstić information content (AvgIpc) is 3.21. The third kappa shape index (κ3) is 1.40. The first-order valence-electron chi connectivity index (χ1n) is 7.24. The first-order valence-corrected chi connectivity index (χ1v) is 8.06. The van der Waals surface area contributed by atoms with Crippen molar-refractivity contribution in [3.05, 3.63) is 53.7 Å². The van der Waals surface area contributed by atoms with Gasteiger partial charge < -0.3 is 4.57 Å². The normalized spacial score (nSPS) is 16.4. The van der Waals surface area contributed by atoms with E-state index in [9.17, 15) is 0 Å². The summed E-state index contributed by atoms with van der Waals surface area (Å²) in [6, 6.07) is 15.9. The average molecular weight is 277 g/mol. The highest BCUT2D eigenvalue weighted by molar-refractivity contribution is 7.99. The van der Waals surface area contributed by atoms with Crippen LogP contribution in [0.15, 0.2) is 52.3 Å². The number of aromatic nitrogens is 1. The lowest BCUT2D eigenvalue weighted by molar-refractivity contribution is 0.922. The largest absolute Gasteiger partial charge is 0.311 e. The predicted octanol–water partition coefficient (Wildman–Crippen LogP) is 5.28. The van der Waals surface area contributed by atoms with E-state index in [0.717, 1.165) is 5.92 Å². The summed E-state index contributed by atoms with van der Waals surface area (Å²) in [5.74, 6) is 0.770. The SMILES string of the molecule is Cc1cc2c3c(c1)cc(C1CC1)n3-c1ccccc1S2. The van der Waals surface area contributed by atoms with Crippen molar-refractivity contribution in [1.82, 2.24) is 4.57 Å². The second kappa shape index (κ2) is 3.70. The summed E-state index contributed by atoms with van der Waals surface area (Å²) >= 11 is 1.91. The lowest BCUT2D eigenvalue weighted by Gasteiger charge is -2.21. The van der Waals surface area contributed by atoms with Crippen LogP contribution in [-0.2, 0) is 0 Å². The molecule has 0 unspecified atom stereocenters. The van der Waals surface area contributed by atoms with Crippen LogP contribution in [0.5, 0.6) is 0 Å². The molecule has 5 rings (SSSR count). The Morgan fingerprint density at radius 2 is 1.90 bits per heavy atom. The van der Waals surface area contributed by atoms with Gasteiger partial charge in [0.05, 0.1) is 11.2 Å². The van der Waals surface area contributed by atoms with Crippen LogP contribution < -0.4 is 0 Å². The molecular weight excluding hydrogens is 262 g/mol. The molecule has 1 aromatic heterocycles. The minimum atomic E-state index is 0.770. The fourth-order valence-corrected chi connectivity index (χ4v) is 4.54. The van der Waals surface area contributed by atoms with Crippen molar-refractivity contribution in [1.29, 1.82) is 0 Å². The minimum absolute atomic E-state index is 0.770. The van der Waals surface area contributed by atoms with Crippen molar-refractivity contribution in [2.45, 2.75) is 35.5 Å². The molecule has 0 saturated heterocycles. The summed E-state index contributed by atoms with van der Waals surface area (Å²) < 4.78 is 2.52. The van der Waals surface area contributed by atoms with Crippen molar-refractivity contribution in [3.8, 4) is 5.69 Å². The van der Waals surface area contributed by atoms with Gasteiger partial charge in [-0.05, 0) is 61.6 Å². The maximum absolute atomic E-state index is 2.52. The summed E-state index contributed by atoms with van der Waals surface area (Å²) in [5, 5.41) is 1.41. The van der Waals surface area contributed by atoms with Gasteiger partial charge in [0.15, 0.2) is 0 Å². The fraction of sp³-hybridized carbons (Fsp3) is 0.222. The number of benzene rings is 2. The van der Waals surface area contributed by atoms with Gasteiger partial charge in [0.25, 0.3) is 0 Å². The number of hydrogen-bond donors (Lipinski definition) is 0. The highest BCUT2D eigenvalue weighted by atomic mass is 32.2. The van der Waals surface area contributed by atoms with Gasteiger partial charge in [0, 0.05) is 20.9 Å². The van der Waals surface area contributed by atoms with E-state index in [1.807, 2.05) is 11.8 Å². The van der Waals surface area contributed by atoms with Gasteiger partial charge in [-0.25, -0.2) is 0 Å². The lowest BCUT2D eigenvalue weighted by Crippen LogP contribution is -2.04. The van der Waals surface area contributed by atoms with Gasteiger partial charge in [0.2, 0.25) is 0 Å². The van der Waals surface area contributed by atoms with Crippen LogP contribution in [0.1, 0.15) is 30.0 Å². The molecule has 2 aliphatic rings. The lowest BCUT2D eigenvalue weighted by atomic mass is 10.1. The Morgan fingerprint density at radius 3 is 2.75 bits per heavy atom. The molecule has 1 aliphatic heterocycles. The third-order valence-corrected chi connectivity index (χ3v) is 5.45. The van der Waals surface area contributed by atoms with Crippen LogP contribution in [0, 0.1) is 6.92 Å². The number of para-hydroxylation sites is 1. The van der Waals surface area contributed by atoms with E-state index in [4.69, 9.17) is 0 Å². The second-order valence-corrected chi connectivity index (χ2v) is 7.03. The maximum atomic E-state index is 2.52. The van der Waals surface area contributed by atoms with Gasteiger partial charge in [-0.1, -0.05) is 23.9 Å². The molecule has 1 aliphatic carbocycles. The molecule has 2 heteroatoms. The topological polar surface area (TPSA) is 4.93 Å². The summed E-state index contributed by atoms with van der Waals surface area (Å²) in [6.07, 6.45) is 2.69. The molecule has 1 nitrogen and oxygen atoms in total. The van der Waals surface area contributed by atoms with Gasteiger partial charge in [-0.15, -0.1) is 0 Å².